The highest BCUT2D eigenvalue weighted by molar-refractivity contribution is 6.06. The van der Waals surface area contributed by atoms with Gasteiger partial charge in [-0.1, -0.05) is 19.3 Å². The highest BCUT2D eigenvalue weighted by Gasteiger charge is 2.21. The Morgan fingerprint density at radius 2 is 1.97 bits per heavy atom. The standard InChI is InChI=1S/C26H36N4O2/c31-26(22-7-6-13-28-19-22)30-14-5-3-1-2-4-12-27-20-23-17-24(8-9-25(23)30)29-18-21-10-15-32-16-11-21/h6-9,13,17,19,21,27,29H,1-5,10-12,14-16,18,20H2. The first-order valence-electron chi connectivity index (χ1n) is 12.2. The normalized spacial score (nSPS) is 18.8. The van der Waals surface area contributed by atoms with Crippen LogP contribution in [0.15, 0.2) is 42.7 Å². The second kappa shape index (κ2) is 12.0. The first-order chi connectivity index (χ1) is 15.8. The molecule has 2 aliphatic heterocycles. The molecule has 2 aliphatic rings. The third-order valence-electron chi connectivity index (χ3n) is 6.51. The molecule has 2 aromatic rings. The van der Waals surface area contributed by atoms with Crippen molar-refractivity contribution in [3.05, 3.63) is 53.9 Å². The summed E-state index contributed by atoms with van der Waals surface area (Å²) >= 11 is 0. The number of hydrogen-bond donors (Lipinski definition) is 2. The van der Waals surface area contributed by atoms with Gasteiger partial charge in [-0.05, 0) is 74.0 Å². The number of hydrogen-bond acceptors (Lipinski definition) is 5. The van der Waals surface area contributed by atoms with Crippen LogP contribution in [0.1, 0.15) is 60.9 Å². The summed E-state index contributed by atoms with van der Waals surface area (Å²) in [6, 6.07) is 10.1. The summed E-state index contributed by atoms with van der Waals surface area (Å²) in [4.78, 5) is 19.6. The van der Waals surface area contributed by atoms with Crippen molar-refractivity contribution in [3.8, 4) is 0 Å². The van der Waals surface area contributed by atoms with Crippen molar-refractivity contribution in [3.63, 3.8) is 0 Å². The number of carbonyl (C=O) groups is 1. The van der Waals surface area contributed by atoms with Crippen molar-refractivity contribution in [2.75, 3.05) is 43.1 Å². The molecule has 0 saturated carbocycles. The van der Waals surface area contributed by atoms with E-state index in [-0.39, 0.29) is 5.91 Å². The van der Waals surface area contributed by atoms with E-state index < -0.39 is 0 Å². The van der Waals surface area contributed by atoms with E-state index in [1.807, 2.05) is 17.0 Å². The maximum Gasteiger partial charge on any atom is 0.259 e. The molecule has 6 heteroatoms. The summed E-state index contributed by atoms with van der Waals surface area (Å²) in [5.41, 5.74) is 3.93. The number of rotatable bonds is 4. The number of ether oxygens (including phenoxy) is 1. The zero-order valence-electron chi connectivity index (χ0n) is 19.0. The van der Waals surface area contributed by atoms with Gasteiger partial charge in [0.15, 0.2) is 0 Å². The lowest BCUT2D eigenvalue weighted by molar-refractivity contribution is 0.0699. The Hall–Kier alpha value is -2.44. The second-order valence-corrected chi connectivity index (χ2v) is 8.92. The van der Waals surface area contributed by atoms with Crippen molar-refractivity contribution in [2.24, 2.45) is 5.92 Å². The van der Waals surface area contributed by atoms with Crippen molar-refractivity contribution in [2.45, 2.75) is 51.5 Å². The lowest BCUT2D eigenvalue weighted by Crippen LogP contribution is -2.33. The van der Waals surface area contributed by atoms with Gasteiger partial charge in [-0.25, -0.2) is 0 Å². The molecule has 0 unspecified atom stereocenters. The summed E-state index contributed by atoms with van der Waals surface area (Å²) in [5, 5.41) is 7.23. The Morgan fingerprint density at radius 3 is 2.81 bits per heavy atom. The zero-order chi connectivity index (χ0) is 22.0. The van der Waals surface area contributed by atoms with Crippen molar-refractivity contribution in [1.29, 1.82) is 0 Å². The maximum atomic E-state index is 13.4. The van der Waals surface area contributed by atoms with Crippen LogP contribution in [-0.4, -0.2) is 43.7 Å². The highest BCUT2D eigenvalue weighted by atomic mass is 16.5. The van der Waals surface area contributed by atoms with E-state index in [2.05, 4.69) is 33.8 Å². The molecule has 3 heterocycles. The maximum absolute atomic E-state index is 13.4. The molecule has 1 amide bonds. The summed E-state index contributed by atoms with van der Waals surface area (Å²) in [7, 11) is 0. The molecular weight excluding hydrogens is 400 g/mol. The molecule has 0 bridgehead atoms. The molecule has 32 heavy (non-hydrogen) atoms. The SMILES string of the molecule is O=C(c1cccnc1)N1CCCCCCCNCc2cc(NCC3CCOCC3)ccc21. The molecule has 0 atom stereocenters. The molecule has 1 aromatic heterocycles. The van der Waals surface area contributed by atoms with E-state index in [1.165, 1.54) is 24.8 Å². The molecule has 4 rings (SSSR count). The third-order valence-corrected chi connectivity index (χ3v) is 6.51. The van der Waals surface area contributed by atoms with E-state index >= 15 is 0 Å². The number of nitrogens with one attached hydrogen (secondary N) is 2. The van der Waals surface area contributed by atoms with Gasteiger partial charge in [-0.3, -0.25) is 9.78 Å². The first kappa shape index (κ1) is 22.7. The van der Waals surface area contributed by atoms with Gasteiger partial charge in [-0.2, -0.15) is 0 Å². The number of nitrogens with zero attached hydrogens (tertiary/aromatic N) is 2. The van der Waals surface area contributed by atoms with E-state index in [1.54, 1.807) is 12.4 Å². The van der Waals surface area contributed by atoms with E-state index in [9.17, 15) is 4.79 Å². The van der Waals surface area contributed by atoms with Crippen LogP contribution in [0.5, 0.6) is 0 Å². The fourth-order valence-electron chi connectivity index (χ4n) is 4.56. The summed E-state index contributed by atoms with van der Waals surface area (Å²) in [5.74, 6) is 0.686. The molecule has 1 aromatic carbocycles. The van der Waals surface area contributed by atoms with E-state index in [0.29, 0.717) is 11.5 Å². The lowest BCUT2D eigenvalue weighted by Gasteiger charge is -2.27. The molecule has 6 nitrogen and oxygen atoms in total. The highest BCUT2D eigenvalue weighted by Crippen LogP contribution is 2.28. The Labute approximate surface area is 191 Å². The van der Waals surface area contributed by atoms with Gasteiger partial charge < -0.3 is 20.3 Å². The molecule has 0 spiro atoms. The number of anilines is 2. The van der Waals surface area contributed by atoms with Gasteiger partial charge in [0.2, 0.25) is 0 Å². The molecule has 0 radical (unpaired) electrons. The van der Waals surface area contributed by atoms with Gasteiger partial charge in [0.1, 0.15) is 0 Å². The number of benzene rings is 1. The van der Waals surface area contributed by atoms with Crippen LogP contribution in [0.2, 0.25) is 0 Å². The fourth-order valence-corrected chi connectivity index (χ4v) is 4.56. The molecule has 0 aliphatic carbocycles. The van der Waals surface area contributed by atoms with Gasteiger partial charge in [0.05, 0.1) is 5.56 Å². The Balaban J connectivity index is 1.57. The van der Waals surface area contributed by atoms with Crippen molar-refractivity contribution in [1.82, 2.24) is 10.3 Å². The van der Waals surface area contributed by atoms with Crippen molar-refractivity contribution >= 4 is 17.3 Å². The second-order valence-electron chi connectivity index (χ2n) is 8.92. The average Bonchev–Trinajstić information content (AvgIpc) is 2.84. The third kappa shape index (κ3) is 6.30. The van der Waals surface area contributed by atoms with Crippen LogP contribution in [0.25, 0.3) is 0 Å². The van der Waals surface area contributed by atoms with Gasteiger partial charge in [0.25, 0.3) is 5.91 Å². The van der Waals surface area contributed by atoms with Crippen LogP contribution in [-0.2, 0) is 11.3 Å². The quantitative estimate of drug-likeness (QED) is 0.732. The topological polar surface area (TPSA) is 66.5 Å². The van der Waals surface area contributed by atoms with Gasteiger partial charge in [-0.15, -0.1) is 0 Å². The summed E-state index contributed by atoms with van der Waals surface area (Å²) < 4.78 is 5.49. The molecule has 172 valence electrons. The number of carbonyl (C=O) groups excluding carboxylic acids is 1. The minimum atomic E-state index is 0.0272. The summed E-state index contributed by atoms with van der Waals surface area (Å²) in [6.45, 7) is 5.20. The smallest absolute Gasteiger partial charge is 0.259 e. The van der Waals surface area contributed by atoms with Crippen LogP contribution in [0.3, 0.4) is 0 Å². The number of fused-ring (bicyclic) bond motifs is 1. The first-order valence-corrected chi connectivity index (χ1v) is 12.2. The fraction of sp³-hybridized carbons (Fsp3) is 0.538. The number of aromatic nitrogens is 1. The number of pyridine rings is 1. The van der Waals surface area contributed by atoms with Gasteiger partial charge >= 0.3 is 0 Å². The van der Waals surface area contributed by atoms with E-state index in [4.69, 9.17) is 4.74 Å². The Morgan fingerprint density at radius 1 is 1.12 bits per heavy atom. The molecule has 1 saturated heterocycles. The van der Waals surface area contributed by atoms with Crippen LogP contribution in [0.4, 0.5) is 11.4 Å². The van der Waals surface area contributed by atoms with Crippen LogP contribution in [0, 0.1) is 5.92 Å². The van der Waals surface area contributed by atoms with Gasteiger partial charge in [0, 0.05) is 56.6 Å². The Bertz CT molecular complexity index is 852. The molecule has 2 N–H and O–H groups in total. The zero-order valence-corrected chi connectivity index (χ0v) is 19.0. The number of amides is 1. The monoisotopic (exact) mass is 436 g/mol. The van der Waals surface area contributed by atoms with Crippen molar-refractivity contribution < 1.29 is 9.53 Å². The predicted molar refractivity (Wildman–Crippen MR) is 129 cm³/mol. The van der Waals surface area contributed by atoms with Crippen LogP contribution < -0.4 is 15.5 Å². The largest absolute Gasteiger partial charge is 0.385 e. The predicted octanol–water partition coefficient (Wildman–Crippen LogP) is 4.62. The van der Waals surface area contributed by atoms with Crippen LogP contribution >= 0.6 is 0 Å². The Kier molecular flexibility index (Phi) is 8.51. The lowest BCUT2D eigenvalue weighted by atomic mass is 10.00. The van der Waals surface area contributed by atoms with E-state index in [0.717, 1.165) is 76.5 Å². The minimum absolute atomic E-state index is 0.0272. The minimum Gasteiger partial charge on any atom is -0.385 e. The summed E-state index contributed by atoms with van der Waals surface area (Å²) in [6.07, 6.45) is 11.4. The molecular formula is C26H36N4O2. The average molecular weight is 437 g/mol. The molecule has 1 fully saturated rings.